The second-order valence-electron chi connectivity index (χ2n) is 2.75. The second kappa shape index (κ2) is 4.62. The Morgan fingerprint density at radius 3 is 2.54 bits per heavy atom. The summed E-state index contributed by atoms with van der Waals surface area (Å²) >= 11 is 0. The molecule has 0 spiro atoms. The molecule has 1 aromatic carbocycles. The maximum atomic E-state index is 11.2. The smallest absolute Gasteiger partial charge is 0.356 e. The van der Waals surface area contributed by atoms with Crippen LogP contribution < -0.4 is 5.48 Å². The van der Waals surface area contributed by atoms with Crippen LogP contribution in [0.5, 0.6) is 0 Å². The third-order valence-electron chi connectivity index (χ3n) is 1.60. The zero-order chi connectivity index (χ0) is 9.68. The summed E-state index contributed by atoms with van der Waals surface area (Å²) < 4.78 is 0. The lowest BCUT2D eigenvalue weighted by atomic mass is 10.2. The number of carbonyl (C=O) groups is 1. The van der Waals surface area contributed by atoms with E-state index in [0.29, 0.717) is 12.1 Å². The van der Waals surface area contributed by atoms with Crippen LogP contribution in [0.15, 0.2) is 24.3 Å². The van der Waals surface area contributed by atoms with Gasteiger partial charge in [-0.2, -0.15) is 5.48 Å². The lowest BCUT2D eigenvalue weighted by Crippen LogP contribution is -2.19. The van der Waals surface area contributed by atoms with Crippen molar-refractivity contribution in [3.05, 3.63) is 35.4 Å². The van der Waals surface area contributed by atoms with Crippen LogP contribution in [-0.2, 0) is 4.84 Å². The number of hydrogen-bond donors (Lipinski definition) is 1. The van der Waals surface area contributed by atoms with Gasteiger partial charge in [-0.05, 0) is 26.0 Å². The first-order chi connectivity index (χ1) is 6.24. The van der Waals surface area contributed by atoms with E-state index in [9.17, 15) is 4.79 Å². The molecule has 1 rings (SSSR count). The predicted octanol–water partition coefficient (Wildman–Crippen LogP) is 1.68. The highest BCUT2D eigenvalue weighted by molar-refractivity contribution is 5.89. The van der Waals surface area contributed by atoms with Crippen LogP contribution in [0.1, 0.15) is 22.8 Å². The number of benzene rings is 1. The Balaban J connectivity index is 2.61. The molecule has 13 heavy (non-hydrogen) atoms. The highest BCUT2D eigenvalue weighted by Crippen LogP contribution is 2.03. The summed E-state index contributed by atoms with van der Waals surface area (Å²) in [6.07, 6.45) is 0. The summed E-state index contributed by atoms with van der Waals surface area (Å²) in [7, 11) is 0. The molecule has 0 saturated carbocycles. The van der Waals surface area contributed by atoms with Gasteiger partial charge >= 0.3 is 5.97 Å². The van der Waals surface area contributed by atoms with Gasteiger partial charge in [-0.15, -0.1) is 0 Å². The Kier molecular flexibility index (Phi) is 3.46. The lowest BCUT2D eigenvalue weighted by molar-refractivity contribution is 0.0266. The van der Waals surface area contributed by atoms with Crippen molar-refractivity contribution in [3.63, 3.8) is 0 Å². The molecule has 0 bridgehead atoms. The van der Waals surface area contributed by atoms with Gasteiger partial charge in [0.25, 0.3) is 0 Å². The zero-order valence-electron chi connectivity index (χ0n) is 7.83. The summed E-state index contributed by atoms with van der Waals surface area (Å²) in [6.45, 7) is 4.44. The molecule has 0 radical (unpaired) electrons. The summed E-state index contributed by atoms with van der Waals surface area (Å²) in [4.78, 5) is 16.0. The number of rotatable bonds is 3. The molecular formula is C10H13NO2. The predicted molar refractivity (Wildman–Crippen MR) is 50.3 cm³/mol. The molecular weight excluding hydrogens is 166 g/mol. The summed E-state index contributed by atoms with van der Waals surface area (Å²) in [5.41, 5.74) is 4.20. The third-order valence-corrected chi connectivity index (χ3v) is 1.60. The molecule has 0 aliphatic rings. The minimum absolute atomic E-state index is 0.346. The first kappa shape index (κ1) is 9.74. The molecule has 0 fully saturated rings. The molecule has 0 atom stereocenters. The Hall–Kier alpha value is -1.35. The fourth-order valence-corrected chi connectivity index (χ4v) is 0.886. The monoisotopic (exact) mass is 179 g/mol. The van der Waals surface area contributed by atoms with Gasteiger partial charge in [0.1, 0.15) is 0 Å². The first-order valence-corrected chi connectivity index (χ1v) is 4.24. The third kappa shape index (κ3) is 2.87. The molecule has 0 heterocycles. The van der Waals surface area contributed by atoms with Gasteiger partial charge in [-0.1, -0.05) is 17.7 Å². The summed E-state index contributed by atoms with van der Waals surface area (Å²) in [6, 6.07) is 7.25. The van der Waals surface area contributed by atoms with Crippen molar-refractivity contribution in [2.24, 2.45) is 0 Å². The highest BCUT2D eigenvalue weighted by atomic mass is 16.7. The molecule has 0 amide bonds. The fraction of sp³-hybridized carbons (Fsp3) is 0.300. The summed E-state index contributed by atoms with van der Waals surface area (Å²) in [5.74, 6) is -0.346. The molecule has 70 valence electrons. The number of nitrogens with one attached hydrogen (secondary N) is 1. The van der Waals surface area contributed by atoms with Crippen molar-refractivity contribution in [1.29, 1.82) is 0 Å². The van der Waals surface area contributed by atoms with Gasteiger partial charge in [0.05, 0.1) is 5.56 Å². The van der Waals surface area contributed by atoms with E-state index in [0.717, 1.165) is 5.56 Å². The molecule has 0 unspecified atom stereocenters. The molecule has 0 saturated heterocycles. The van der Waals surface area contributed by atoms with Crippen LogP contribution >= 0.6 is 0 Å². The van der Waals surface area contributed by atoms with E-state index >= 15 is 0 Å². The zero-order valence-corrected chi connectivity index (χ0v) is 7.83. The summed E-state index contributed by atoms with van der Waals surface area (Å²) in [5, 5.41) is 0. The van der Waals surface area contributed by atoms with Crippen molar-refractivity contribution < 1.29 is 9.63 Å². The Morgan fingerprint density at radius 1 is 1.38 bits per heavy atom. The average Bonchev–Trinajstić information content (AvgIpc) is 2.15. The Labute approximate surface area is 77.7 Å². The van der Waals surface area contributed by atoms with Crippen molar-refractivity contribution in [3.8, 4) is 0 Å². The molecule has 0 aliphatic heterocycles. The maximum absolute atomic E-state index is 11.2. The number of hydrogen-bond acceptors (Lipinski definition) is 3. The molecule has 3 heteroatoms. The standard InChI is InChI=1S/C10H13NO2/c1-3-11-13-10(12)9-6-4-8(2)5-7-9/h4-7,11H,3H2,1-2H3. The van der Waals surface area contributed by atoms with E-state index in [4.69, 9.17) is 4.84 Å². The van der Waals surface area contributed by atoms with E-state index in [1.165, 1.54) is 0 Å². The highest BCUT2D eigenvalue weighted by Gasteiger charge is 2.04. The van der Waals surface area contributed by atoms with Crippen LogP contribution in [0, 0.1) is 6.92 Å². The topological polar surface area (TPSA) is 38.3 Å². The molecule has 1 aromatic rings. The average molecular weight is 179 g/mol. The van der Waals surface area contributed by atoms with Gasteiger partial charge in [0, 0.05) is 6.54 Å². The van der Waals surface area contributed by atoms with Crippen molar-refractivity contribution in [2.45, 2.75) is 13.8 Å². The minimum Gasteiger partial charge on any atom is -0.367 e. The van der Waals surface area contributed by atoms with Crippen LogP contribution in [0.4, 0.5) is 0 Å². The van der Waals surface area contributed by atoms with E-state index in [1.54, 1.807) is 12.1 Å². The van der Waals surface area contributed by atoms with Crippen LogP contribution in [0.3, 0.4) is 0 Å². The lowest BCUT2D eigenvalue weighted by Gasteiger charge is -2.02. The van der Waals surface area contributed by atoms with E-state index in [1.807, 2.05) is 26.0 Å². The number of aryl methyl sites for hydroxylation is 1. The van der Waals surface area contributed by atoms with Crippen molar-refractivity contribution in [2.75, 3.05) is 6.54 Å². The van der Waals surface area contributed by atoms with E-state index in [-0.39, 0.29) is 5.97 Å². The van der Waals surface area contributed by atoms with Crippen molar-refractivity contribution >= 4 is 5.97 Å². The van der Waals surface area contributed by atoms with Gasteiger partial charge in [-0.3, -0.25) is 0 Å². The molecule has 0 aromatic heterocycles. The van der Waals surface area contributed by atoms with Gasteiger partial charge < -0.3 is 4.84 Å². The first-order valence-electron chi connectivity index (χ1n) is 4.24. The van der Waals surface area contributed by atoms with Crippen molar-refractivity contribution in [1.82, 2.24) is 5.48 Å². The molecule has 0 aliphatic carbocycles. The Morgan fingerprint density at radius 2 is 2.00 bits per heavy atom. The largest absolute Gasteiger partial charge is 0.367 e. The van der Waals surface area contributed by atoms with Crippen LogP contribution in [-0.4, -0.2) is 12.5 Å². The quantitative estimate of drug-likeness (QED) is 0.717. The fourth-order valence-electron chi connectivity index (χ4n) is 0.886. The van der Waals surface area contributed by atoms with E-state index < -0.39 is 0 Å². The normalized spacial score (nSPS) is 9.69. The number of hydroxylamine groups is 1. The maximum Gasteiger partial charge on any atom is 0.356 e. The number of carbonyl (C=O) groups excluding carboxylic acids is 1. The minimum atomic E-state index is -0.346. The molecule has 1 N–H and O–H groups in total. The van der Waals surface area contributed by atoms with Gasteiger partial charge in [0.2, 0.25) is 0 Å². The van der Waals surface area contributed by atoms with Crippen LogP contribution in [0.25, 0.3) is 0 Å². The van der Waals surface area contributed by atoms with Gasteiger partial charge in [-0.25, -0.2) is 4.79 Å². The van der Waals surface area contributed by atoms with E-state index in [2.05, 4.69) is 5.48 Å². The SMILES string of the molecule is CCNOC(=O)c1ccc(C)cc1. The molecule has 3 nitrogen and oxygen atoms in total. The second-order valence-corrected chi connectivity index (χ2v) is 2.75. The van der Waals surface area contributed by atoms with Gasteiger partial charge in [0.15, 0.2) is 0 Å². The Bertz CT molecular complexity index is 279. The van der Waals surface area contributed by atoms with Crippen LogP contribution in [0.2, 0.25) is 0 Å².